The van der Waals surface area contributed by atoms with Crippen molar-refractivity contribution in [2.75, 3.05) is 19.8 Å². The molecular weight excluding hydrogens is 284 g/mol. The summed E-state index contributed by atoms with van der Waals surface area (Å²) in [5.41, 5.74) is 0.0915. The smallest absolute Gasteiger partial charge is 0.153 e. The number of para-hydroxylation sites is 1. The number of benzene rings is 1. The van der Waals surface area contributed by atoms with E-state index in [-0.39, 0.29) is 18.8 Å². The number of carbonyl (C=O) groups is 1. The standard InChI is InChI=1S/C17H22O5/c18-7-3-6-17(8-14-11-20-14,9-15-12-21-15)22-16-5-2-1-4-13(16)10-19/h1-2,4-5,10,14-15,18H,3,6-9,11-12H2. The fraction of sp³-hybridized carbons (Fsp3) is 0.588. The first-order chi connectivity index (χ1) is 10.7. The Morgan fingerprint density at radius 2 is 1.86 bits per heavy atom. The molecule has 0 aromatic heterocycles. The van der Waals surface area contributed by atoms with Gasteiger partial charge >= 0.3 is 0 Å². The molecule has 1 N–H and O–H groups in total. The zero-order valence-corrected chi connectivity index (χ0v) is 12.6. The van der Waals surface area contributed by atoms with Crippen molar-refractivity contribution < 1.29 is 24.1 Å². The van der Waals surface area contributed by atoms with Crippen LogP contribution in [-0.2, 0) is 9.47 Å². The van der Waals surface area contributed by atoms with Crippen LogP contribution in [0.4, 0.5) is 0 Å². The maximum Gasteiger partial charge on any atom is 0.153 e. The van der Waals surface area contributed by atoms with Gasteiger partial charge < -0.3 is 19.3 Å². The molecule has 0 saturated carbocycles. The number of aliphatic hydroxyl groups excluding tert-OH is 1. The predicted molar refractivity (Wildman–Crippen MR) is 80.2 cm³/mol. The zero-order chi connectivity index (χ0) is 15.4. The molecule has 2 heterocycles. The summed E-state index contributed by atoms with van der Waals surface area (Å²) >= 11 is 0. The largest absolute Gasteiger partial charge is 0.486 e. The minimum atomic E-state index is -0.454. The van der Waals surface area contributed by atoms with Crippen molar-refractivity contribution >= 4 is 6.29 Å². The second kappa shape index (κ2) is 6.77. The molecule has 0 bridgehead atoms. The zero-order valence-electron chi connectivity index (χ0n) is 12.6. The van der Waals surface area contributed by atoms with E-state index in [0.717, 1.165) is 38.8 Å². The van der Waals surface area contributed by atoms with E-state index in [0.29, 0.717) is 17.7 Å². The van der Waals surface area contributed by atoms with Crippen LogP contribution in [-0.4, -0.2) is 49.0 Å². The van der Waals surface area contributed by atoms with Crippen LogP contribution in [0.5, 0.6) is 5.75 Å². The number of carbonyl (C=O) groups excluding carboxylic acids is 1. The molecule has 1 aromatic rings. The monoisotopic (exact) mass is 306 g/mol. The quantitative estimate of drug-likeness (QED) is 0.528. The van der Waals surface area contributed by atoms with Gasteiger partial charge in [-0.2, -0.15) is 0 Å². The van der Waals surface area contributed by atoms with Gasteiger partial charge in [0, 0.05) is 19.4 Å². The lowest BCUT2D eigenvalue weighted by Gasteiger charge is -2.34. The highest BCUT2D eigenvalue weighted by Gasteiger charge is 2.44. The molecule has 120 valence electrons. The van der Waals surface area contributed by atoms with Gasteiger partial charge in [0.15, 0.2) is 6.29 Å². The highest BCUT2D eigenvalue weighted by molar-refractivity contribution is 5.79. The van der Waals surface area contributed by atoms with Crippen LogP contribution in [0.3, 0.4) is 0 Å². The normalized spacial score (nSPS) is 25.3. The summed E-state index contributed by atoms with van der Waals surface area (Å²) in [7, 11) is 0. The van der Waals surface area contributed by atoms with Crippen LogP contribution in [0.25, 0.3) is 0 Å². The molecule has 0 spiro atoms. The Kier molecular flexibility index (Phi) is 4.76. The molecule has 2 aliphatic rings. The van der Waals surface area contributed by atoms with Gasteiger partial charge in [-0.05, 0) is 25.0 Å². The lowest BCUT2D eigenvalue weighted by molar-refractivity contribution is 0.0205. The van der Waals surface area contributed by atoms with Gasteiger partial charge in [-0.3, -0.25) is 4.79 Å². The summed E-state index contributed by atoms with van der Waals surface area (Å²) in [6, 6.07) is 7.25. The second-order valence-corrected chi connectivity index (χ2v) is 6.09. The van der Waals surface area contributed by atoms with Crippen LogP contribution < -0.4 is 4.74 Å². The van der Waals surface area contributed by atoms with E-state index >= 15 is 0 Å². The Labute approximate surface area is 130 Å². The first-order valence-electron chi connectivity index (χ1n) is 7.82. The molecule has 2 atom stereocenters. The van der Waals surface area contributed by atoms with Gasteiger partial charge in [0.25, 0.3) is 0 Å². The molecule has 5 heteroatoms. The Morgan fingerprint density at radius 1 is 1.23 bits per heavy atom. The molecule has 1 aromatic carbocycles. The molecule has 2 saturated heterocycles. The third kappa shape index (κ3) is 4.06. The van der Waals surface area contributed by atoms with E-state index in [9.17, 15) is 9.90 Å². The van der Waals surface area contributed by atoms with Crippen molar-refractivity contribution in [3.8, 4) is 5.75 Å². The van der Waals surface area contributed by atoms with E-state index in [2.05, 4.69) is 0 Å². The fourth-order valence-corrected chi connectivity index (χ4v) is 2.93. The Balaban J connectivity index is 1.82. The molecule has 0 amide bonds. The number of rotatable bonds is 10. The highest BCUT2D eigenvalue weighted by Crippen LogP contribution is 2.38. The number of hydrogen-bond donors (Lipinski definition) is 1. The summed E-state index contributed by atoms with van der Waals surface area (Å²) in [5, 5.41) is 9.22. The average molecular weight is 306 g/mol. The number of aldehydes is 1. The second-order valence-electron chi connectivity index (χ2n) is 6.09. The number of ether oxygens (including phenoxy) is 3. The Morgan fingerprint density at radius 3 is 2.41 bits per heavy atom. The summed E-state index contributed by atoms with van der Waals surface area (Å²) in [6.45, 7) is 1.63. The number of epoxide rings is 2. The van der Waals surface area contributed by atoms with E-state index in [4.69, 9.17) is 14.2 Å². The van der Waals surface area contributed by atoms with Gasteiger partial charge in [0.2, 0.25) is 0 Å². The molecule has 22 heavy (non-hydrogen) atoms. The van der Waals surface area contributed by atoms with Crippen LogP contribution in [0.15, 0.2) is 24.3 Å². The van der Waals surface area contributed by atoms with Gasteiger partial charge in [0.1, 0.15) is 11.4 Å². The minimum Gasteiger partial charge on any atom is -0.486 e. The van der Waals surface area contributed by atoms with Crippen molar-refractivity contribution in [2.45, 2.75) is 43.5 Å². The maximum atomic E-state index is 11.2. The average Bonchev–Trinajstić information content (AvgIpc) is 3.43. The molecular formula is C17H22O5. The van der Waals surface area contributed by atoms with Gasteiger partial charge in [-0.15, -0.1) is 0 Å². The van der Waals surface area contributed by atoms with Crippen molar-refractivity contribution in [1.29, 1.82) is 0 Å². The van der Waals surface area contributed by atoms with Crippen LogP contribution in [0.2, 0.25) is 0 Å². The van der Waals surface area contributed by atoms with Crippen molar-refractivity contribution in [1.82, 2.24) is 0 Å². The summed E-state index contributed by atoms with van der Waals surface area (Å²) in [4.78, 5) is 11.2. The Hall–Kier alpha value is -1.43. The molecule has 5 nitrogen and oxygen atoms in total. The molecule has 2 unspecified atom stereocenters. The molecule has 2 fully saturated rings. The van der Waals surface area contributed by atoms with Crippen molar-refractivity contribution in [3.63, 3.8) is 0 Å². The van der Waals surface area contributed by atoms with Crippen molar-refractivity contribution in [2.24, 2.45) is 0 Å². The first kappa shape index (κ1) is 15.5. The van der Waals surface area contributed by atoms with Gasteiger partial charge in [-0.1, -0.05) is 12.1 Å². The predicted octanol–water partition coefficient (Wildman–Crippen LogP) is 1.97. The maximum absolute atomic E-state index is 11.2. The lowest BCUT2D eigenvalue weighted by Crippen LogP contribution is -2.40. The van der Waals surface area contributed by atoms with Gasteiger partial charge in [0.05, 0.1) is 31.0 Å². The SMILES string of the molecule is O=Cc1ccccc1OC(CCCO)(CC1CO1)CC1CO1. The van der Waals surface area contributed by atoms with E-state index < -0.39 is 5.60 Å². The summed E-state index contributed by atoms with van der Waals surface area (Å²) in [5.74, 6) is 0.594. The fourth-order valence-electron chi connectivity index (χ4n) is 2.93. The van der Waals surface area contributed by atoms with Crippen LogP contribution >= 0.6 is 0 Å². The Bertz CT molecular complexity index is 494. The number of aliphatic hydroxyl groups is 1. The van der Waals surface area contributed by atoms with Crippen LogP contribution in [0.1, 0.15) is 36.0 Å². The van der Waals surface area contributed by atoms with Gasteiger partial charge in [-0.25, -0.2) is 0 Å². The number of hydrogen-bond acceptors (Lipinski definition) is 5. The highest BCUT2D eigenvalue weighted by atomic mass is 16.6. The third-order valence-corrected chi connectivity index (χ3v) is 4.17. The van der Waals surface area contributed by atoms with Crippen LogP contribution in [0, 0.1) is 0 Å². The molecule has 2 aliphatic heterocycles. The van der Waals surface area contributed by atoms with E-state index in [1.54, 1.807) is 6.07 Å². The first-order valence-corrected chi connectivity index (χ1v) is 7.82. The molecule has 0 aliphatic carbocycles. The third-order valence-electron chi connectivity index (χ3n) is 4.17. The topological polar surface area (TPSA) is 71.6 Å². The lowest BCUT2D eigenvalue weighted by atomic mass is 9.87. The summed E-state index contributed by atoms with van der Waals surface area (Å²) in [6.07, 6.45) is 4.13. The molecule has 3 rings (SSSR count). The van der Waals surface area contributed by atoms with E-state index in [1.807, 2.05) is 18.2 Å². The van der Waals surface area contributed by atoms with Crippen molar-refractivity contribution in [3.05, 3.63) is 29.8 Å². The van der Waals surface area contributed by atoms with E-state index in [1.165, 1.54) is 0 Å². The summed E-state index contributed by atoms with van der Waals surface area (Å²) < 4.78 is 17.1. The molecule has 0 radical (unpaired) electrons. The minimum absolute atomic E-state index is 0.123.